The van der Waals surface area contributed by atoms with Crippen molar-refractivity contribution in [2.75, 3.05) is 0 Å². The van der Waals surface area contributed by atoms with Gasteiger partial charge in [0.25, 0.3) is 0 Å². The maximum atomic E-state index is 6.96. The van der Waals surface area contributed by atoms with E-state index in [0.29, 0.717) is 5.92 Å². The maximum absolute atomic E-state index is 6.96. The Morgan fingerprint density at radius 1 is 1.70 bits per heavy atom. The van der Waals surface area contributed by atoms with E-state index in [4.69, 9.17) is 5.41 Å². The number of hydrogen-bond acceptors (Lipinski definition) is 1. The Labute approximate surface area is 63.0 Å². The van der Waals surface area contributed by atoms with Gasteiger partial charge in [-0.3, -0.25) is 0 Å². The maximum Gasteiger partial charge on any atom is 0.0246 e. The summed E-state index contributed by atoms with van der Waals surface area (Å²) in [6, 6.07) is 0. The van der Waals surface area contributed by atoms with Crippen molar-refractivity contribution >= 4 is 6.21 Å². The van der Waals surface area contributed by atoms with Gasteiger partial charge in [0, 0.05) is 6.21 Å². The van der Waals surface area contributed by atoms with E-state index < -0.39 is 0 Å². The number of allylic oxidation sites excluding steroid dienone is 3. The average Bonchev–Trinajstić information content (AvgIpc) is 1.99. The van der Waals surface area contributed by atoms with E-state index in [1.165, 1.54) is 6.21 Å². The van der Waals surface area contributed by atoms with Crippen LogP contribution >= 0.6 is 0 Å². The molecular weight excluding hydrogens is 122 g/mol. The van der Waals surface area contributed by atoms with Crippen LogP contribution in [0.15, 0.2) is 24.3 Å². The molecule has 0 aliphatic heterocycles. The molecular formula is C9H15N. The summed E-state index contributed by atoms with van der Waals surface area (Å²) in [6.07, 6.45) is 6.21. The Kier molecular flexibility index (Phi) is 4.55. The molecule has 0 amide bonds. The van der Waals surface area contributed by atoms with E-state index in [0.717, 1.165) is 12.0 Å². The van der Waals surface area contributed by atoms with Gasteiger partial charge in [-0.05, 0) is 11.5 Å². The highest BCUT2D eigenvalue weighted by Gasteiger charge is 1.92. The van der Waals surface area contributed by atoms with Crippen LogP contribution in [0.1, 0.15) is 20.3 Å². The van der Waals surface area contributed by atoms with Gasteiger partial charge in [-0.15, -0.1) is 0 Å². The van der Waals surface area contributed by atoms with E-state index in [9.17, 15) is 0 Å². The first-order valence-electron chi connectivity index (χ1n) is 3.59. The van der Waals surface area contributed by atoms with Crippen molar-refractivity contribution in [2.24, 2.45) is 5.92 Å². The SMILES string of the molecule is C=C/C(C=N)=C\C(C)CC. The summed E-state index contributed by atoms with van der Waals surface area (Å²) in [7, 11) is 0. The van der Waals surface area contributed by atoms with Crippen molar-refractivity contribution in [3.63, 3.8) is 0 Å². The first-order valence-corrected chi connectivity index (χ1v) is 3.59. The predicted molar refractivity (Wildman–Crippen MR) is 46.5 cm³/mol. The van der Waals surface area contributed by atoms with Crippen LogP contribution in [0.4, 0.5) is 0 Å². The van der Waals surface area contributed by atoms with Crippen LogP contribution in [0.5, 0.6) is 0 Å². The quantitative estimate of drug-likeness (QED) is 0.455. The average molecular weight is 137 g/mol. The number of nitrogens with one attached hydrogen (secondary N) is 1. The topological polar surface area (TPSA) is 23.9 Å². The second kappa shape index (κ2) is 4.98. The van der Waals surface area contributed by atoms with Crippen LogP contribution in [-0.2, 0) is 0 Å². The van der Waals surface area contributed by atoms with Crippen molar-refractivity contribution in [2.45, 2.75) is 20.3 Å². The summed E-state index contributed by atoms with van der Waals surface area (Å²) < 4.78 is 0. The molecule has 10 heavy (non-hydrogen) atoms. The van der Waals surface area contributed by atoms with Gasteiger partial charge in [0.2, 0.25) is 0 Å². The Balaban J connectivity index is 4.08. The van der Waals surface area contributed by atoms with Crippen LogP contribution in [0.2, 0.25) is 0 Å². The molecule has 1 heteroatoms. The molecule has 0 aromatic heterocycles. The monoisotopic (exact) mass is 137 g/mol. The molecule has 0 fully saturated rings. The molecule has 0 saturated heterocycles. The minimum atomic E-state index is 0.551. The fraction of sp³-hybridized carbons (Fsp3) is 0.444. The van der Waals surface area contributed by atoms with Gasteiger partial charge in [0.15, 0.2) is 0 Å². The van der Waals surface area contributed by atoms with Crippen LogP contribution < -0.4 is 0 Å². The summed E-state index contributed by atoms with van der Waals surface area (Å²) in [4.78, 5) is 0. The fourth-order valence-electron chi connectivity index (χ4n) is 0.621. The summed E-state index contributed by atoms with van der Waals surface area (Å²) in [5, 5.41) is 6.96. The van der Waals surface area contributed by atoms with Gasteiger partial charge >= 0.3 is 0 Å². The molecule has 1 atom stereocenters. The summed E-state index contributed by atoms with van der Waals surface area (Å²) in [6.45, 7) is 7.86. The van der Waals surface area contributed by atoms with Gasteiger partial charge in [0.1, 0.15) is 0 Å². The zero-order valence-corrected chi connectivity index (χ0v) is 6.72. The van der Waals surface area contributed by atoms with Crippen molar-refractivity contribution < 1.29 is 0 Å². The molecule has 1 unspecified atom stereocenters. The van der Waals surface area contributed by atoms with Crippen molar-refractivity contribution in [3.05, 3.63) is 24.3 Å². The lowest BCUT2D eigenvalue weighted by Gasteiger charge is -2.00. The lowest BCUT2D eigenvalue weighted by atomic mass is 10.1. The summed E-state index contributed by atoms with van der Waals surface area (Å²) in [5.41, 5.74) is 0.911. The van der Waals surface area contributed by atoms with Crippen molar-refractivity contribution in [1.29, 1.82) is 5.41 Å². The second-order valence-electron chi connectivity index (χ2n) is 2.40. The smallest absolute Gasteiger partial charge is 0.0246 e. The lowest BCUT2D eigenvalue weighted by molar-refractivity contribution is 0.697. The van der Waals surface area contributed by atoms with Crippen molar-refractivity contribution in [3.8, 4) is 0 Å². The molecule has 1 N–H and O–H groups in total. The van der Waals surface area contributed by atoms with Gasteiger partial charge in [-0.1, -0.05) is 39.0 Å². The summed E-state index contributed by atoms with van der Waals surface area (Å²) in [5.74, 6) is 0.551. The normalized spacial score (nSPS) is 14.4. The molecule has 56 valence electrons. The highest BCUT2D eigenvalue weighted by atomic mass is 14.3. The first kappa shape index (κ1) is 9.15. The Morgan fingerprint density at radius 3 is 2.60 bits per heavy atom. The second-order valence-corrected chi connectivity index (χ2v) is 2.40. The molecule has 0 saturated carbocycles. The number of rotatable bonds is 4. The molecule has 0 radical (unpaired) electrons. The molecule has 1 nitrogen and oxygen atoms in total. The van der Waals surface area contributed by atoms with E-state index in [1.54, 1.807) is 6.08 Å². The van der Waals surface area contributed by atoms with Gasteiger partial charge < -0.3 is 5.41 Å². The molecule has 0 rings (SSSR count). The van der Waals surface area contributed by atoms with E-state index in [2.05, 4.69) is 26.5 Å². The predicted octanol–water partition coefficient (Wildman–Crippen LogP) is 2.79. The number of hydrogen-bond donors (Lipinski definition) is 1. The van der Waals surface area contributed by atoms with Crippen LogP contribution in [0, 0.1) is 11.3 Å². The third kappa shape index (κ3) is 3.23. The first-order chi connectivity index (χ1) is 4.74. The molecule has 0 aromatic carbocycles. The highest BCUT2D eigenvalue weighted by Crippen LogP contribution is 2.05. The summed E-state index contributed by atoms with van der Waals surface area (Å²) >= 11 is 0. The lowest BCUT2D eigenvalue weighted by Crippen LogP contribution is -1.88. The van der Waals surface area contributed by atoms with Gasteiger partial charge in [0.05, 0.1) is 0 Å². The van der Waals surface area contributed by atoms with E-state index >= 15 is 0 Å². The third-order valence-electron chi connectivity index (χ3n) is 1.52. The third-order valence-corrected chi connectivity index (χ3v) is 1.52. The minimum Gasteiger partial charge on any atom is -0.308 e. The molecule has 0 heterocycles. The Morgan fingerprint density at radius 2 is 2.30 bits per heavy atom. The zero-order valence-electron chi connectivity index (χ0n) is 6.72. The molecule has 0 aliphatic rings. The van der Waals surface area contributed by atoms with E-state index in [-0.39, 0.29) is 0 Å². The van der Waals surface area contributed by atoms with Crippen LogP contribution in [-0.4, -0.2) is 6.21 Å². The molecule has 0 aromatic rings. The zero-order chi connectivity index (χ0) is 7.98. The minimum absolute atomic E-state index is 0.551. The standard InChI is InChI=1S/C9H15N/c1-4-8(3)6-9(5-2)7-10/h5-8,10H,2,4H2,1,3H3/b9-6+,10-7?. The van der Waals surface area contributed by atoms with Gasteiger partial charge in [-0.2, -0.15) is 0 Å². The Hall–Kier alpha value is -0.850. The van der Waals surface area contributed by atoms with Crippen LogP contribution in [0.3, 0.4) is 0 Å². The van der Waals surface area contributed by atoms with Crippen LogP contribution in [0.25, 0.3) is 0 Å². The van der Waals surface area contributed by atoms with Crippen molar-refractivity contribution in [1.82, 2.24) is 0 Å². The van der Waals surface area contributed by atoms with E-state index in [1.807, 2.05) is 0 Å². The highest BCUT2D eigenvalue weighted by molar-refractivity contribution is 5.79. The molecule has 0 aliphatic carbocycles. The van der Waals surface area contributed by atoms with Gasteiger partial charge in [-0.25, -0.2) is 0 Å². The molecule has 0 spiro atoms. The largest absolute Gasteiger partial charge is 0.308 e. The fourth-order valence-corrected chi connectivity index (χ4v) is 0.621. The molecule has 0 bridgehead atoms. The Bertz CT molecular complexity index is 135.